The molecule has 5 nitrogen and oxygen atoms in total. The zero-order chi connectivity index (χ0) is 16.2. The van der Waals surface area contributed by atoms with Crippen molar-refractivity contribution in [1.82, 2.24) is 15.1 Å². The van der Waals surface area contributed by atoms with Crippen LogP contribution >= 0.6 is 11.6 Å². The molecule has 6 heteroatoms. The molecule has 2 N–H and O–H groups in total. The van der Waals surface area contributed by atoms with E-state index in [1.54, 1.807) is 11.7 Å². The van der Waals surface area contributed by atoms with Crippen molar-refractivity contribution in [2.45, 2.75) is 12.8 Å². The highest BCUT2D eigenvalue weighted by Crippen LogP contribution is 2.23. The Hall–Kier alpha value is -2.53. The fourth-order valence-corrected chi connectivity index (χ4v) is 2.46. The van der Waals surface area contributed by atoms with Gasteiger partial charge in [-0.05, 0) is 31.1 Å². The SMILES string of the molecule is Cn1nc(-c2ccc(Cl)cc2)cc1NC(=O)NC1=CCCC=C1. The van der Waals surface area contributed by atoms with Gasteiger partial charge >= 0.3 is 6.03 Å². The highest BCUT2D eigenvalue weighted by molar-refractivity contribution is 6.30. The normalized spacial score (nSPS) is 13.6. The van der Waals surface area contributed by atoms with E-state index in [0.717, 1.165) is 29.8 Å². The second kappa shape index (κ2) is 6.71. The number of nitrogens with one attached hydrogen (secondary N) is 2. The molecule has 0 aliphatic heterocycles. The summed E-state index contributed by atoms with van der Waals surface area (Å²) in [6.07, 6.45) is 7.91. The summed E-state index contributed by atoms with van der Waals surface area (Å²) in [6, 6.07) is 8.96. The minimum atomic E-state index is -0.284. The average Bonchev–Trinajstić information content (AvgIpc) is 2.90. The Morgan fingerprint density at radius 3 is 2.70 bits per heavy atom. The van der Waals surface area contributed by atoms with Crippen molar-refractivity contribution in [2.75, 3.05) is 5.32 Å². The predicted octanol–water partition coefficient (Wildman–Crippen LogP) is 4.10. The van der Waals surface area contributed by atoms with Gasteiger partial charge in [-0.25, -0.2) is 4.79 Å². The van der Waals surface area contributed by atoms with E-state index in [1.807, 2.05) is 48.6 Å². The lowest BCUT2D eigenvalue weighted by atomic mass is 10.1. The van der Waals surface area contributed by atoms with E-state index in [2.05, 4.69) is 15.7 Å². The van der Waals surface area contributed by atoms with Crippen LogP contribution in [0.1, 0.15) is 12.8 Å². The minimum absolute atomic E-state index is 0.284. The van der Waals surface area contributed by atoms with Gasteiger partial charge < -0.3 is 5.32 Å². The summed E-state index contributed by atoms with van der Waals surface area (Å²) in [5.41, 5.74) is 2.53. The summed E-state index contributed by atoms with van der Waals surface area (Å²) in [4.78, 5) is 12.1. The Morgan fingerprint density at radius 1 is 1.22 bits per heavy atom. The number of urea groups is 1. The van der Waals surface area contributed by atoms with Crippen molar-refractivity contribution in [3.8, 4) is 11.3 Å². The van der Waals surface area contributed by atoms with Crippen LogP contribution in [0, 0.1) is 0 Å². The van der Waals surface area contributed by atoms with Crippen molar-refractivity contribution in [3.05, 3.63) is 59.3 Å². The van der Waals surface area contributed by atoms with Crippen LogP contribution in [0.15, 0.2) is 54.3 Å². The Bertz CT molecular complexity index is 774. The van der Waals surface area contributed by atoms with Crippen LogP contribution in [0.25, 0.3) is 11.3 Å². The van der Waals surface area contributed by atoms with Gasteiger partial charge in [-0.3, -0.25) is 10.00 Å². The van der Waals surface area contributed by atoms with Gasteiger partial charge in [0.2, 0.25) is 0 Å². The molecule has 1 aromatic heterocycles. The smallest absolute Gasteiger partial charge is 0.308 e. The third kappa shape index (κ3) is 3.81. The van der Waals surface area contributed by atoms with E-state index in [1.165, 1.54) is 0 Å². The first-order chi connectivity index (χ1) is 11.1. The van der Waals surface area contributed by atoms with Crippen molar-refractivity contribution in [1.29, 1.82) is 0 Å². The standard InChI is InChI=1S/C17H17ClN4O/c1-22-16(20-17(23)19-14-5-3-2-4-6-14)11-15(21-22)12-7-9-13(18)10-8-12/h3,5-11H,2,4H2,1H3,(H2,19,20,23). The topological polar surface area (TPSA) is 59.0 Å². The lowest BCUT2D eigenvalue weighted by molar-refractivity contribution is 0.254. The quantitative estimate of drug-likeness (QED) is 0.891. The van der Waals surface area contributed by atoms with Gasteiger partial charge in [0, 0.05) is 29.4 Å². The van der Waals surface area contributed by atoms with Crippen LogP contribution in [0.3, 0.4) is 0 Å². The van der Waals surface area contributed by atoms with E-state index in [4.69, 9.17) is 11.6 Å². The first-order valence-electron chi connectivity index (χ1n) is 7.36. The first-order valence-corrected chi connectivity index (χ1v) is 7.74. The molecule has 2 aromatic rings. The Kier molecular flexibility index (Phi) is 4.48. The summed E-state index contributed by atoms with van der Waals surface area (Å²) in [6.45, 7) is 0. The Morgan fingerprint density at radius 2 is 2.00 bits per heavy atom. The molecule has 0 atom stereocenters. The van der Waals surface area contributed by atoms with Crippen molar-refractivity contribution < 1.29 is 4.79 Å². The largest absolute Gasteiger partial charge is 0.324 e. The maximum Gasteiger partial charge on any atom is 0.324 e. The molecule has 1 heterocycles. The third-order valence-electron chi connectivity index (χ3n) is 3.51. The van der Waals surface area contributed by atoms with E-state index >= 15 is 0 Å². The number of anilines is 1. The van der Waals surface area contributed by atoms with Crippen molar-refractivity contribution in [2.24, 2.45) is 7.05 Å². The number of aryl methyl sites for hydroxylation is 1. The molecule has 0 spiro atoms. The highest BCUT2D eigenvalue weighted by atomic mass is 35.5. The van der Waals surface area contributed by atoms with Gasteiger partial charge in [0.1, 0.15) is 5.82 Å². The van der Waals surface area contributed by atoms with Crippen LogP contribution in [0.4, 0.5) is 10.6 Å². The molecule has 0 saturated carbocycles. The first kappa shape index (κ1) is 15.4. The zero-order valence-electron chi connectivity index (χ0n) is 12.7. The van der Waals surface area contributed by atoms with Crippen LogP contribution in [0.5, 0.6) is 0 Å². The number of hydrogen-bond acceptors (Lipinski definition) is 2. The van der Waals surface area contributed by atoms with Gasteiger partial charge in [-0.1, -0.05) is 35.9 Å². The number of benzene rings is 1. The van der Waals surface area contributed by atoms with Crippen LogP contribution < -0.4 is 10.6 Å². The molecule has 0 bridgehead atoms. The molecule has 1 aliphatic carbocycles. The number of hydrogen-bond donors (Lipinski definition) is 2. The zero-order valence-corrected chi connectivity index (χ0v) is 13.5. The van der Waals surface area contributed by atoms with Gasteiger partial charge in [-0.2, -0.15) is 5.10 Å². The van der Waals surface area contributed by atoms with E-state index in [9.17, 15) is 4.79 Å². The molecule has 2 amide bonds. The number of amides is 2. The predicted molar refractivity (Wildman–Crippen MR) is 92.3 cm³/mol. The molecular weight excluding hydrogens is 312 g/mol. The van der Waals surface area contributed by atoms with Crippen LogP contribution in [0.2, 0.25) is 5.02 Å². The van der Waals surface area contributed by atoms with Crippen LogP contribution in [-0.2, 0) is 7.05 Å². The molecule has 0 unspecified atom stereocenters. The number of nitrogens with zero attached hydrogens (tertiary/aromatic N) is 2. The molecule has 0 fully saturated rings. The third-order valence-corrected chi connectivity index (χ3v) is 3.77. The molecule has 1 aliphatic rings. The fraction of sp³-hybridized carbons (Fsp3) is 0.176. The summed E-state index contributed by atoms with van der Waals surface area (Å²) in [7, 11) is 1.79. The lowest BCUT2D eigenvalue weighted by Crippen LogP contribution is -2.28. The van der Waals surface area contributed by atoms with E-state index in [-0.39, 0.29) is 6.03 Å². The molecule has 1 aromatic carbocycles. The monoisotopic (exact) mass is 328 g/mol. The fourth-order valence-electron chi connectivity index (χ4n) is 2.33. The summed E-state index contributed by atoms with van der Waals surface area (Å²) in [5, 5.41) is 10.7. The molecular formula is C17H17ClN4O. The average molecular weight is 329 g/mol. The Balaban J connectivity index is 1.71. The molecule has 0 radical (unpaired) electrons. The van der Waals surface area contributed by atoms with Crippen LogP contribution in [-0.4, -0.2) is 15.8 Å². The molecule has 0 saturated heterocycles. The van der Waals surface area contributed by atoms with Crippen molar-refractivity contribution in [3.63, 3.8) is 0 Å². The molecule has 118 valence electrons. The van der Waals surface area contributed by atoms with Crippen molar-refractivity contribution >= 4 is 23.4 Å². The second-order valence-electron chi connectivity index (χ2n) is 5.26. The maximum atomic E-state index is 12.1. The number of allylic oxidation sites excluding steroid dienone is 3. The summed E-state index contributed by atoms with van der Waals surface area (Å²) in [5.74, 6) is 0.618. The second-order valence-corrected chi connectivity index (χ2v) is 5.70. The molecule has 23 heavy (non-hydrogen) atoms. The number of halogens is 1. The van der Waals surface area contributed by atoms with Gasteiger partial charge in [0.15, 0.2) is 0 Å². The van der Waals surface area contributed by atoms with Gasteiger partial charge in [0.05, 0.1) is 5.69 Å². The summed E-state index contributed by atoms with van der Waals surface area (Å²) >= 11 is 5.90. The van der Waals surface area contributed by atoms with Gasteiger partial charge in [0.25, 0.3) is 0 Å². The Labute approximate surface area is 139 Å². The number of carbonyl (C=O) groups is 1. The minimum Gasteiger partial charge on any atom is -0.308 e. The highest BCUT2D eigenvalue weighted by Gasteiger charge is 2.11. The number of rotatable bonds is 3. The number of carbonyl (C=O) groups excluding carboxylic acids is 1. The summed E-state index contributed by atoms with van der Waals surface area (Å²) < 4.78 is 1.63. The number of aromatic nitrogens is 2. The van der Waals surface area contributed by atoms with Gasteiger partial charge in [-0.15, -0.1) is 0 Å². The van der Waals surface area contributed by atoms with E-state index in [0.29, 0.717) is 10.8 Å². The maximum absolute atomic E-state index is 12.1. The lowest BCUT2D eigenvalue weighted by Gasteiger charge is -2.10. The van der Waals surface area contributed by atoms with E-state index < -0.39 is 0 Å². The molecule has 3 rings (SSSR count).